The highest BCUT2D eigenvalue weighted by molar-refractivity contribution is 5.85. The molecule has 4 nitrogen and oxygen atoms in total. The van der Waals surface area contributed by atoms with E-state index in [9.17, 15) is 9.18 Å². The Morgan fingerprint density at radius 2 is 2.13 bits per heavy atom. The van der Waals surface area contributed by atoms with Crippen LogP contribution in [0.2, 0.25) is 0 Å². The van der Waals surface area contributed by atoms with E-state index in [-0.39, 0.29) is 24.1 Å². The number of amides is 1. The van der Waals surface area contributed by atoms with Crippen molar-refractivity contribution < 1.29 is 13.9 Å². The van der Waals surface area contributed by atoms with Crippen molar-refractivity contribution in [2.75, 3.05) is 33.3 Å². The van der Waals surface area contributed by atoms with Crippen molar-refractivity contribution >= 4 is 18.3 Å². The maximum atomic E-state index is 13.0. The third-order valence-corrected chi connectivity index (χ3v) is 4.06. The SMILES string of the molecule is CNCC1CCN(C(=O)CCCOc2cccc(F)c2)CC1.Cl. The Kier molecular flexibility index (Phi) is 8.95. The van der Waals surface area contributed by atoms with E-state index in [2.05, 4.69) is 5.32 Å². The molecule has 0 radical (unpaired) electrons. The van der Waals surface area contributed by atoms with Gasteiger partial charge in [-0.2, -0.15) is 0 Å². The number of rotatable bonds is 7. The zero-order valence-electron chi connectivity index (χ0n) is 13.6. The van der Waals surface area contributed by atoms with E-state index < -0.39 is 0 Å². The normalized spacial score (nSPS) is 15.1. The van der Waals surface area contributed by atoms with E-state index in [0.29, 0.717) is 31.1 Å². The Morgan fingerprint density at radius 1 is 1.39 bits per heavy atom. The minimum atomic E-state index is -0.307. The van der Waals surface area contributed by atoms with Crippen LogP contribution in [-0.2, 0) is 4.79 Å². The average molecular weight is 345 g/mol. The van der Waals surface area contributed by atoms with Crippen LogP contribution >= 0.6 is 12.4 Å². The lowest BCUT2D eigenvalue weighted by molar-refractivity contribution is -0.132. The van der Waals surface area contributed by atoms with Crippen molar-refractivity contribution in [3.8, 4) is 5.75 Å². The highest BCUT2D eigenvalue weighted by Gasteiger charge is 2.21. The molecule has 23 heavy (non-hydrogen) atoms. The second kappa shape index (κ2) is 10.4. The van der Waals surface area contributed by atoms with Crippen molar-refractivity contribution in [3.63, 3.8) is 0 Å². The van der Waals surface area contributed by atoms with Crippen LogP contribution in [0.15, 0.2) is 24.3 Å². The number of hydrogen-bond acceptors (Lipinski definition) is 3. The van der Waals surface area contributed by atoms with Crippen LogP contribution in [0.4, 0.5) is 4.39 Å². The first-order valence-corrected chi connectivity index (χ1v) is 8.00. The fourth-order valence-electron chi connectivity index (χ4n) is 2.80. The second-order valence-corrected chi connectivity index (χ2v) is 5.79. The Labute approximate surface area is 143 Å². The predicted octanol–water partition coefficient (Wildman–Crippen LogP) is 2.86. The van der Waals surface area contributed by atoms with Gasteiger partial charge >= 0.3 is 0 Å². The molecule has 0 atom stereocenters. The average Bonchev–Trinajstić information content (AvgIpc) is 2.52. The van der Waals surface area contributed by atoms with Gasteiger partial charge in [0.2, 0.25) is 5.91 Å². The lowest BCUT2D eigenvalue weighted by atomic mass is 9.96. The molecule has 1 amide bonds. The first-order valence-electron chi connectivity index (χ1n) is 8.00. The van der Waals surface area contributed by atoms with Crippen LogP contribution in [-0.4, -0.2) is 44.1 Å². The Hall–Kier alpha value is -1.33. The summed E-state index contributed by atoms with van der Waals surface area (Å²) in [5.41, 5.74) is 0. The van der Waals surface area contributed by atoms with Gasteiger partial charge in [0.05, 0.1) is 6.61 Å². The summed E-state index contributed by atoms with van der Waals surface area (Å²) in [7, 11) is 1.97. The fraction of sp³-hybridized carbons (Fsp3) is 0.588. The molecular formula is C17H26ClFN2O2. The Morgan fingerprint density at radius 3 is 2.78 bits per heavy atom. The minimum absolute atomic E-state index is 0. The molecule has 0 aromatic heterocycles. The van der Waals surface area contributed by atoms with Gasteiger partial charge in [-0.15, -0.1) is 12.4 Å². The summed E-state index contributed by atoms with van der Waals surface area (Å²) in [6, 6.07) is 6.07. The van der Waals surface area contributed by atoms with E-state index in [1.807, 2.05) is 11.9 Å². The standard InChI is InChI=1S/C17H25FN2O2.ClH/c1-19-13-14-7-9-20(10-8-14)17(21)6-3-11-22-16-5-2-4-15(18)12-16;/h2,4-5,12,14,19H,3,6-11,13H2,1H3;1H. The molecule has 1 heterocycles. The number of nitrogens with one attached hydrogen (secondary N) is 1. The van der Waals surface area contributed by atoms with E-state index >= 15 is 0 Å². The molecule has 0 bridgehead atoms. The smallest absolute Gasteiger partial charge is 0.222 e. The van der Waals surface area contributed by atoms with Gasteiger partial charge < -0.3 is 15.0 Å². The second-order valence-electron chi connectivity index (χ2n) is 5.79. The van der Waals surface area contributed by atoms with E-state index in [1.165, 1.54) is 12.1 Å². The van der Waals surface area contributed by atoms with Crippen molar-refractivity contribution in [1.29, 1.82) is 0 Å². The summed E-state index contributed by atoms with van der Waals surface area (Å²) in [6.07, 6.45) is 3.30. The van der Waals surface area contributed by atoms with Crippen LogP contribution in [0, 0.1) is 11.7 Å². The Balaban J connectivity index is 0.00000264. The monoisotopic (exact) mass is 344 g/mol. The van der Waals surface area contributed by atoms with Gasteiger partial charge in [-0.1, -0.05) is 6.07 Å². The van der Waals surface area contributed by atoms with Crippen LogP contribution in [0.25, 0.3) is 0 Å². The molecule has 0 spiro atoms. The van der Waals surface area contributed by atoms with E-state index in [0.717, 1.165) is 32.5 Å². The van der Waals surface area contributed by atoms with Gasteiger partial charge in [-0.25, -0.2) is 4.39 Å². The van der Waals surface area contributed by atoms with Crippen molar-refractivity contribution in [3.05, 3.63) is 30.1 Å². The summed E-state index contributed by atoms with van der Waals surface area (Å²) in [6.45, 7) is 3.18. The number of carbonyl (C=O) groups excluding carboxylic acids is 1. The molecule has 1 saturated heterocycles. The first kappa shape index (κ1) is 19.7. The quantitative estimate of drug-likeness (QED) is 0.773. The molecule has 1 aliphatic rings. The molecule has 2 rings (SSSR count). The van der Waals surface area contributed by atoms with Crippen molar-refractivity contribution in [1.82, 2.24) is 10.2 Å². The maximum Gasteiger partial charge on any atom is 0.222 e. The third-order valence-electron chi connectivity index (χ3n) is 4.06. The molecule has 1 fully saturated rings. The van der Waals surface area contributed by atoms with Gasteiger partial charge in [0.25, 0.3) is 0 Å². The molecular weight excluding hydrogens is 319 g/mol. The number of nitrogens with zero attached hydrogens (tertiary/aromatic N) is 1. The number of benzene rings is 1. The summed E-state index contributed by atoms with van der Waals surface area (Å²) < 4.78 is 18.4. The largest absolute Gasteiger partial charge is 0.493 e. The summed E-state index contributed by atoms with van der Waals surface area (Å²) >= 11 is 0. The highest BCUT2D eigenvalue weighted by Crippen LogP contribution is 2.17. The number of hydrogen-bond donors (Lipinski definition) is 1. The Bertz CT molecular complexity index is 479. The van der Waals surface area contributed by atoms with Gasteiger partial charge in [-0.3, -0.25) is 4.79 Å². The zero-order valence-corrected chi connectivity index (χ0v) is 14.4. The summed E-state index contributed by atoms with van der Waals surface area (Å²) in [5.74, 6) is 1.09. The predicted molar refractivity (Wildman–Crippen MR) is 91.6 cm³/mol. The molecule has 6 heteroatoms. The molecule has 0 unspecified atom stereocenters. The van der Waals surface area contributed by atoms with Gasteiger partial charge in [0.15, 0.2) is 0 Å². The number of piperidine rings is 1. The molecule has 1 aliphatic heterocycles. The first-order chi connectivity index (χ1) is 10.7. The lowest BCUT2D eigenvalue weighted by Crippen LogP contribution is -2.40. The highest BCUT2D eigenvalue weighted by atomic mass is 35.5. The van der Waals surface area contributed by atoms with Crippen molar-refractivity contribution in [2.45, 2.75) is 25.7 Å². The summed E-state index contributed by atoms with van der Waals surface area (Å²) in [4.78, 5) is 14.1. The molecule has 0 saturated carbocycles. The van der Waals surface area contributed by atoms with Crippen LogP contribution in [0.3, 0.4) is 0 Å². The van der Waals surface area contributed by atoms with E-state index in [1.54, 1.807) is 12.1 Å². The van der Waals surface area contributed by atoms with Gasteiger partial charge in [-0.05, 0) is 50.9 Å². The maximum absolute atomic E-state index is 13.0. The molecule has 1 aromatic rings. The van der Waals surface area contributed by atoms with Gasteiger partial charge in [0, 0.05) is 25.6 Å². The lowest BCUT2D eigenvalue weighted by Gasteiger charge is -2.32. The van der Waals surface area contributed by atoms with Crippen LogP contribution in [0.5, 0.6) is 5.75 Å². The number of ether oxygens (including phenoxy) is 1. The number of carbonyl (C=O) groups is 1. The molecule has 0 aliphatic carbocycles. The fourth-order valence-corrected chi connectivity index (χ4v) is 2.80. The van der Waals surface area contributed by atoms with Gasteiger partial charge in [0.1, 0.15) is 11.6 Å². The molecule has 130 valence electrons. The number of halogens is 2. The third kappa shape index (κ3) is 6.75. The molecule has 1 N–H and O–H groups in total. The minimum Gasteiger partial charge on any atom is -0.493 e. The molecule has 1 aromatic carbocycles. The summed E-state index contributed by atoms with van der Waals surface area (Å²) in [5, 5.41) is 3.20. The van der Waals surface area contributed by atoms with Crippen LogP contribution in [0.1, 0.15) is 25.7 Å². The van der Waals surface area contributed by atoms with Crippen LogP contribution < -0.4 is 10.1 Å². The van der Waals surface area contributed by atoms with Crippen molar-refractivity contribution in [2.24, 2.45) is 5.92 Å². The zero-order chi connectivity index (χ0) is 15.8. The van der Waals surface area contributed by atoms with E-state index in [4.69, 9.17) is 4.74 Å². The topological polar surface area (TPSA) is 41.6 Å². The number of likely N-dealkylation sites (tertiary alicyclic amines) is 1.